The molecule has 0 bridgehead atoms. The average Bonchev–Trinajstić information content (AvgIpc) is 3.43. The normalized spacial score (nSPS) is 15.0. The number of aliphatic hydroxyl groups is 1. The topological polar surface area (TPSA) is 115 Å². The van der Waals surface area contributed by atoms with Crippen LogP contribution in [0.25, 0.3) is 5.65 Å². The van der Waals surface area contributed by atoms with E-state index >= 15 is 0 Å². The van der Waals surface area contributed by atoms with Crippen molar-refractivity contribution in [2.24, 2.45) is 5.92 Å². The van der Waals surface area contributed by atoms with Gasteiger partial charge in [0, 0.05) is 16.7 Å². The van der Waals surface area contributed by atoms with Crippen molar-refractivity contribution in [2.45, 2.75) is 64.8 Å². The van der Waals surface area contributed by atoms with Crippen LogP contribution >= 0.6 is 12.4 Å². The summed E-state index contributed by atoms with van der Waals surface area (Å²) in [7, 11) is 0. The van der Waals surface area contributed by atoms with Crippen LogP contribution in [0.2, 0.25) is 0 Å². The number of carbonyl (C=O) groups is 1. The minimum Gasteiger partial charge on any atom is -0.491 e. The molecule has 0 unspecified atom stereocenters. The van der Waals surface area contributed by atoms with Crippen LogP contribution in [0.1, 0.15) is 67.1 Å². The lowest BCUT2D eigenvalue weighted by Crippen LogP contribution is -2.27. The Morgan fingerprint density at radius 3 is 2.58 bits per heavy atom. The number of benzene rings is 1. The molecule has 2 aliphatic rings. The fourth-order valence-electron chi connectivity index (χ4n) is 4.45. The van der Waals surface area contributed by atoms with Crippen molar-refractivity contribution in [1.82, 2.24) is 19.4 Å². The number of ketones is 1. The van der Waals surface area contributed by atoms with E-state index in [4.69, 9.17) is 20.0 Å². The molecule has 0 radical (unpaired) electrons. The van der Waals surface area contributed by atoms with E-state index in [9.17, 15) is 4.79 Å². The maximum absolute atomic E-state index is 13.3. The van der Waals surface area contributed by atoms with Crippen LogP contribution in [-0.4, -0.2) is 50.1 Å². The summed E-state index contributed by atoms with van der Waals surface area (Å²) in [6.45, 7) is 6.84. The summed E-state index contributed by atoms with van der Waals surface area (Å²) < 4.78 is 14.6. The molecule has 1 fully saturated rings. The molecule has 1 aromatic carbocycles. The first-order valence-electron chi connectivity index (χ1n) is 12.4. The third-order valence-electron chi connectivity index (χ3n) is 6.70. The number of halogens is 1. The number of Topliss-reactive ketones (excluding diaryl/α,β-unsaturated/α-hetero) is 1. The molecule has 36 heavy (non-hydrogen) atoms. The Labute approximate surface area is 216 Å². The molecule has 3 aromatic rings. The van der Waals surface area contributed by atoms with E-state index in [1.165, 1.54) is 22.0 Å². The number of hydrogen-bond donors (Lipinski definition) is 2. The second-order valence-corrected chi connectivity index (χ2v) is 10.6. The third kappa shape index (κ3) is 5.27. The number of aromatic nitrogens is 4. The number of aliphatic hydroxyl groups excluding tert-OH is 1. The molecule has 9 nitrogen and oxygen atoms in total. The highest BCUT2D eigenvalue weighted by Crippen LogP contribution is 2.34. The summed E-state index contributed by atoms with van der Waals surface area (Å²) >= 11 is 0. The van der Waals surface area contributed by atoms with Crippen LogP contribution in [-0.2, 0) is 24.8 Å². The van der Waals surface area contributed by atoms with Gasteiger partial charge in [0.1, 0.15) is 18.9 Å². The van der Waals surface area contributed by atoms with Crippen molar-refractivity contribution in [3.8, 4) is 11.6 Å². The molecule has 1 saturated carbocycles. The maximum Gasteiger partial charge on any atom is 0.242 e. The summed E-state index contributed by atoms with van der Waals surface area (Å²) in [5.41, 5.74) is 4.09. The van der Waals surface area contributed by atoms with E-state index in [2.05, 4.69) is 31.0 Å². The first-order chi connectivity index (χ1) is 16.7. The van der Waals surface area contributed by atoms with E-state index < -0.39 is 0 Å². The number of nitrogens with one attached hydrogen (secondary N) is 1. The van der Waals surface area contributed by atoms with Crippen molar-refractivity contribution in [3.05, 3.63) is 46.1 Å². The van der Waals surface area contributed by atoms with E-state index in [1.54, 1.807) is 6.07 Å². The number of rotatable bonds is 9. The molecule has 0 aliphatic heterocycles. The van der Waals surface area contributed by atoms with Gasteiger partial charge in [0.05, 0.1) is 13.2 Å². The summed E-state index contributed by atoms with van der Waals surface area (Å²) in [5.74, 6) is 1.58. The lowest BCUT2D eigenvalue weighted by atomic mass is 9.85. The molecule has 2 aromatic heterocycles. The largest absolute Gasteiger partial charge is 0.491 e. The van der Waals surface area contributed by atoms with Crippen LogP contribution in [0.5, 0.6) is 11.6 Å². The van der Waals surface area contributed by atoms with Crippen molar-refractivity contribution in [3.63, 3.8) is 0 Å². The highest BCUT2D eigenvalue weighted by atomic mass is 35.5. The Kier molecular flexibility index (Phi) is 7.43. The predicted molar refractivity (Wildman–Crippen MR) is 136 cm³/mol. The molecule has 5 rings (SSSR count). The van der Waals surface area contributed by atoms with Crippen LogP contribution < -0.4 is 15.1 Å². The van der Waals surface area contributed by atoms with Crippen LogP contribution in [0.15, 0.2) is 18.2 Å². The molecular weight excluding hydrogens is 482 g/mol. The standard InChI is InChI=1S/C26H33N5O4.ClH/c1-26(2,3)18-11-17(12-19(13-18)34-10-9-32)22(33)14-30-25(27)31-23(28-30)20-5-4-6-21(20)24(29-31)35-15-16-7-8-16;/h11-13,16,27,32H,4-10,14-15H2,1-3H3;1H. The van der Waals surface area contributed by atoms with Crippen molar-refractivity contribution < 1.29 is 19.4 Å². The number of carbonyl (C=O) groups excluding carboxylic acids is 1. The Hall–Kier alpha value is -2.91. The fourth-order valence-corrected chi connectivity index (χ4v) is 4.45. The zero-order valence-electron chi connectivity index (χ0n) is 21.0. The molecule has 10 heteroatoms. The molecule has 2 aliphatic carbocycles. The lowest BCUT2D eigenvalue weighted by Gasteiger charge is -2.21. The number of aryl methyl sites for hydroxylation is 1. The van der Waals surface area contributed by atoms with E-state index in [0.717, 1.165) is 36.0 Å². The summed E-state index contributed by atoms with van der Waals surface area (Å²) in [6, 6.07) is 5.46. The van der Waals surface area contributed by atoms with Crippen LogP contribution in [0.3, 0.4) is 0 Å². The molecule has 0 spiro atoms. The molecule has 2 N–H and O–H groups in total. The SMILES string of the molecule is CC(C)(C)c1cc(OCCO)cc(C(=O)Cn2nc3c4c(c(OCC5CC5)nn3c2=N)CCC4)c1.Cl. The van der Waals surface area contributed by atoms with Gasteiger partial charge in [0.25, 0.3) is 0 Å². The molecule has 0 atom stereocenters. The number of fused-ring (bicyclic) bond motifs is 3. The molecule has 0 amide bonds. The minimum atomic E-state index is -0.189. The summed E-state index contributed by atoms with van der Waals surface area (Å²) in [6.07, 6.45) is 5.17. The molecule has 0 saturated heterocycles. The average molecular weight is 516 g/mol. The number of ether oxygens (including phenoxy) is 2. The monoisotopic (exact) mass is 515 g/mol. The highest BCUT2D eigenvalue weighted by Gasteiger charge is 2.27. The van der Waals surface area contributed by atoms with Gasteiger partial charge in [0.2, 0.25) is 11.5 Å². The molecular formula is C26H34ClN5O4. The highest BCUT2D eigenvalue weighted by molar-refractivity contribution is 5.96. The Morgan fingerprint density at radius 2 is 1.89 bits per heavy atom. The smallest absolute Gasteiger partial charge is 0.242 e. The van der Waals surface area contributed by atoms with Crippen molar-refractivity contribution in [2.75, 3.05) is 19.8 Å². The molecule has 194 valence electrons. The van der Waals surface area contributed by atoms with Gasteiger partial charge >= 0.3 is 0 Å². The first kappa shape index (κ1) is 26.2. The number of nitrogens with zero attached hydrogens (tertiary/aromatic N) is 4. The third-order valence-corrected chi connectivity index (χ3v) is 6.70. The lowest BCUT2D eigenvalue weighted by molar-refractivity contribution is 0.0965. The van der Waals surface area contributed by atoms with E-state index in [1.807, 2.05) is 12.1 Å². The Bertz CT molecular complexity index is 1340. The first-order valence-corrected chi connectivity index (χ1v) is 12.4. The fraction of sp³-hybridized carbons (Fsp3) is 0.538. The predicted octanol–water partition coefficient (Wildman–Crippen LogP) is 3.26. The Morgan fingerprint density at radius 1 is 1.14 bits per heavy atom. The number of hydrogen-bond acceptors (Lipinski definition) is 7. The van der Waals surface area contributed by atoms with Gasteiger partial charge in [-0.2, -0.15) is 4.52 Å². The summed E-state index contributed by atoms with van der Waals surface area (Å²) in [5, 5.41) is 27.1. The van der Waals surface area contributed by atoms with Gasteiger partial charge in [-0.3, -0.25) is 10.2 Å². The maximum atomic E-state index is 13.3. The van der Waals surface area contributed by atoms with Crippen molar-refractivity contribution >= 4 is 23.8 Å². The van der Waals surface area contributed by atoms with Crippen LogP contribution in [0, 0.1) is 11.3 Å². The van der Waals surface area contributed by atoms with Gasteiger partial charge in [-0.15, -0.1) is 22.6 Å². The van der Waals surface area contributed by atoms with Crippen molar-refractivity contribution in [1.29, 1.82) is 5.41 Å². The van der Waals surface area contributed by atoms with Crippen LogP contribution in [0.4, 0.5) is 0 Å². The Balaban J connectivity index is 0.00000304. The zero-order chi connectivity index (χ0) is 24.7. The second-order valence-electron chi connectivity index (χ2n) is 10.6. The van der Waals surface area contributed by atoms with Gasteiger partial charge < -0.3 is 14.6 Å². The van der Waals surface area contributed by atoms with E-state index in [0.29, 0.717) is 35.4 Å². The van der Waals surface area contributed by atoms with E-state index in [-0.39, 0.29) is 49.0 Å². The summed E-state index contributed by atoms with van der Waals surface area (Å²) in [4.78, 5) is 13.3. The second kappa shape index (κ2) is 10.2. The zero-order valence-corrected chi connectivity index (χ0v) is 21.9. The van der Waals surface area contributed by atoms with Gasteiger partial charge in [-0.05, 0) is 67.2 Å². The van der Waals surface area contributed by atoms with Gasteiger partial charge in [0.15, 0.2) is 11.4 Å². The minimum absolute atomic E-state index is 0. The van der Waals surface area contributed by atoms with Gasteiger partial charge in [-0.25, -0.2) is 4.68 Å². The molecule has 2 heterocycles. The quantitative estimate of drug-likeness (QED) is 0.423. The van der Waals surface area contributed by atoms with Gasteiger partial charge in [-0.1, -0.05) is 20.8 Å².